The van der Waals surface area contributed by atoms with E-state index < -0.39 is 0 Å². The summed E-state index contributed by atoms with van der Waals surface area (Å²) in [6.07, 6.45) is 1.80. The zero-order valence-electron chi connectivity index (χ0n) is 20.2. The van der Waals surface area contributed by atoms with Gasteiger partial charge >= 0.3 is 11.9 Å². The summed E-state index contributed by atoms with van der Waals surface area (Å²) in [4.78, 5) is 22.8. The van der Waals surface area contributed by atoms with Crippen LogP contribution < -0.4 is 0 Å². The molecule has 0 aliphatic carbocycles. The number of rotatable bonds is 8. The molecule has 0 saturated carbocycles. The number of esters is 2. The van der Waals surface area contributed by atoms with Crippen LogP contribution in [-0.4, -0.2) is 43.0 Å². The minimum atomic E-state index is -0.348. The SMILES string of the molecule is C=C(C(=O)OC)C(SCC)c1ccc(Br)cc1.CCS.COC(=O)/C(=C\c1ccc(Br)cc1)CBr. The summed E-state index contributed by atoms with van der Waals surface area (Å²) in [7, 11) is 2.75. The van der Waals surface area contributed by atoms with Crippen LogP contribution in [0.15, 0.2) is 75.2 Å². The number of carbonyl (C=O) groups excluding carboxylic acids is 2. The van der Waals surface area contributed by atoms with Gasteiger partial charge < -0.3 is 9.47 Å². The Labute approximate surface area is 244 Å². The number of benzene rings is 2. The smallest absolute Gasteiger partial charge is 0.334 e. The third-order valence-corrected chi connectivity index (χ3v) is 6.96. The number of thiol groups is 1. The maximum atomic E-state index is 11.5. The fraction of sp³-hybridized carbons (Fsp3) is 0.308. The van der Waals surface area contributed by atoms with Gasteiger partial charge in [-0.15, -0.1) is 11.8 Å². The van der Waals surface area contributed by atoms with Crippen LogP contribution in [0.25, 0.3) is 6.08 Å². The number of halogens is 3. The van der Waals surface area contributed by atoms with Gasteiger partial charge in [0.25, 0.3) is 0 Å². The van der Waals surface area contributed by atoms with Crippen LogP contribution in [0.2, 0.25) is 0 Å². The molecule has 0 saturated heterocycles. The van der Waals surface area contributed by atoms with E-state index in [0.717, 1.165) is 31.6 Å². The van der Waals surface area contributed by atoms with Crippen molar-refractivity contribution >= 4 is 90.2 Å². The molecule has 1 unspecified atom stereocenters. The highest BCUT2D eigenvalue weighted by Crippen LogP contribution is 2.35. The maximum absolute atomic E-state index is 11.5. The molecule has 0 aliphatic heterocycles. The molecular formula is C26H31Br3O4S2. The van der Waals surface area contributed by atoms with Gasteiger partial charge in [0.05, 0.1) is 19.5 Å². The van der Waals surface area contributed by atoms with Gasteiger partial charge in [-0.2, -0.15) is 12.6 Å². The van der Waals surface area contributed by atoms with Crippen molar-refractivity contribution in [1.29, 1.82) is 0 Å². The number of methoxy groups -OCH3 is 2. The monoisotopic (exact) mass is 708 g/mol. The molecule has 9 heteroatoms. The molecule has 35 heavy (non-hydrogen) atoms. The molecule has 1 atom stereocenters. The first kappa shape index (κ1) is 34.0. The quantitative estimate of drug-likeness (QED) is 0.129. The standard InChI is InChI=1S/C13H15BrO2S.C11H10Br2O2.C2H6S/c1-4-17-12(9(2)13(15)16-3)10-5-7-11(14)8-6-10;1-15-11(14)9(7-12)6-8-2-4-10(13)5-3-8;1-2-3/h5-8,12H,2,4H2,1,3H3;2-6H,7H2,1H3;3H,2H2,1H3/b;9-6-;. The summed E-state index contributed by atoms with van der Waals surface area (Å²) in [6.45, 7) is 7.88. The number of hydrogen-bond donors (Lipinski definition) is 1. The largest absolute Gasteiger partial charge is 0.466 e. The first-order chi connectivity index (χ1) is 16.7. The Hall–Kier alpha value is -1.000. The molecule has 192 valence electrons. The number of ether oxygens (including phenoxy) is 2. The normalized spacial score (nSPS) is 11.1. The van der Waals surface area contributed by atoms with Crippen LogP contribution in [0, 0.1) is 0 Å². The van der Waals surface area contributed by atoms with Crippen LogP contribution >= 0.6 is 72.2 Å². The molecule has 0 fully saturated rings. The summed E-state index contributed by atoms with van der Waals surface area (Å²) < 4.78 is 11.4. The molecule has 0 radical (unpaired) electrons. The summed E-state index contributed by atoms with van der Waals surface area (Å²) in [5.74, 6) is 1.20. The molecule has 0 aromatic heterocycles. The second kappa shape index (κ2) is 20.1. The van der Waals surface area contributed by atoms with Gasteiger partial charge in [0.2, 0.25) is 0 Å². The Balaban J connectivity index is 0.000000597. The molecule has 0 heterocycles. The highest BCUT2D eigenvalue weighted by Gasteiger charge is 2.21. The second-order valence-corrected chi connectivity index (χ2v) is 11.0. The molecule has 0 spiro atoms. The van der Waals surface area contributed by atoms with Gasteiger partial charge in [0.15, 0.2) is 0 Å². The second-order valence-electron chi connectivity index (χ2n) is 6.57. The zero-order valence-corrected chi connectivity index (χ0v) is 26.7. The number of thioether (sulfide) groups is 1. The van der Waals surface area contributed by atoms with E-state index in [9.17, 15) is 9.59 Å². The van der Waals surface area contributed by atoms with E-state index in [1.807, 2.05) is 55.5 Å². The van der Waals surface area contributed by atoms with Crippen LogP contribution in [0.5, 0.6) is 0 Å². The van der Waals surface area contributed by atoms with Crippen molar-refractivity contribution in [2.45, 2.75) is 19.1 Å². The van der Waals surface area contributed by atoms with Crippen LogP contribution in [0.4, 0.5) is 0 Å². The molecule has 4 nitrogen and oxygen atoms in total. The molecule has 0 aliphatic rings. The number of carbonyl (C=O) groups is 2. The van der Waals surface area contributed by atoms with E-state index in [1.165, 1.54) is 14.2 Å². The summed E-state index contributed by atoms with van der Waals surface area (Å²) >= 11 is 15.5. The average molecular weight is 711 g/mol. The number of hydrogen-bond acceptors (Lipinski definition) is 6. The third-order valence-electron chi connectivity index (χ3n) is 4.07. The third kappa shape index (κ3) is 13.8. The fourth-order valence-electron chi connectivity index (χ4n) is 2.48. The van der Waals surface area contributed by atoms with E-state index in [4.69, 9.17) is 4.74 Å². The molecular weight excluding hydrogens is 680 g/mol. The highest BCUT2D eigenvalue weighted by atomic mass is 79.9. The van der Waals surface area contributed by atoms with Crippen molar-refractivity contribution in [3.8, 4) is 0 Å². The van der Waals surface area contributed by atoms with Gasteiger partial charge in [-0.3, -0.25) is 0 Å². The molecule has 2 aromatic rings. The molecule has 2 aromatic carbocycles. The van der Waals surface area contributed by atoms with Crippen molar-refractivity contribution in [2.24, 2.45) is 0 Å². The minimum Gasteiger partial charge on any atom is -0.466 e. The van der Waals surface area contributed by atoms with Crippen LogP contribution in [0.3, 0.4) is 0 Å². The fourth-order valence-corrected chi connectivity index (χ4v) is 4.38. The Morgan fingerprint density at radius 2 is 1.43 bits per heavy atom. The Bertz CT molecular complexity index is 946. The van der Waals surface area contributed by atoms with Gasteiger partial charge in [-0.05, 0) is 53.0 Å². The first-order valence-corrected chi connectivity index (χ1v) is 14.9. The predicted octanol–water partition coefficient (Wildman–Crippen LogP) is 8.31. The lowest BCUT2D eigenvalue weighted by Crippen LogP contribution is -2.10. The summed E-state index contributed by atoms with van der Waals surface area (Å²) in [5, 5.41) is 0.441. The lowest BCUT2D eigenvalue weighted by molar-refractivity contribution is -0.136. The van der Waals surface area contributed by atoms with Gasteiger partial charge in [-0.1, -0.05) is 92.5 Å². The van der Waals surface area contributed by atoms with E-state index in [0.29, 0.717) is 16.5 Å². The predicted molar refractivity (Wildman–Crippen MR) is 164 cm³/mol. The van der Waals surface area contributed by atoms with Crippen LogP contribution in [-0.2, 0) is 19.1 Å². The summed E-state index contributed by atoms with van der Waals surface area (Å²) in [5.41, 5.74) is 3.12. The Morgan fingerprint density at radius 3 is 1.83 bits per heavy atom. The summed E-state index contributed by atoms with van der Waals surface area (Å²) in [6, 6.07) is 15.6. The first-order valence-electron chi connectivity index (χ1n) is 10.5. The lowest BCUT2D eigenvalue weighted by atomic mass is 10.1. The van der Waals surface area contributed by atoms with E-state index in [-0.39, 0.29) is 17.2 Å². The molecule has 2 rings (SSSR count). The van der Waals surface area contributed by atoms with Crippen molar-refractivity contribution < 1.29 is 19.1 Å². The average Bonchev–Trinajstić information content (AvgIpc) is 2.87. The lowest BCUT2D eigenvalue weighted by Gasteiger charge is -2.17. The van der Waals surface area contributed by atoms with E-state index in [1.54, 1.807) is 17.8 Å². The molecule has 0 N–H and O–H groups in total. The van der Waals surface area contributed by atoms with Crippen molar-refractivity contribution in [1.82, 2.24) is 0 Å². The highest BCUT2D eigenvalue weighted by molar-refractivity contribution is 9.10. The number of alkyl halides is 1. The zero-order chi connectivity index (χ0) is 26.8. The maximum Gasteiger partial charge on any atom is 0.334 e. The van der Waals surface area contributed by atoms with E-state index in [2.05, 4.69) is 78.7 Å². The van der Waals surface area contributed by atoms with E-state index >= 15 is 0 Å². The van der Waals surface area contributed by atoms with Crippen LogP contribution in [0.1, 0.15) is 30.2 Å². The minimum absolute atomic E-state index is 0.0412. The molecule has 0 bridgehead atoms. The Morgan fingerprint density at radius 1 is 0.971 bits per heavy atom. The van der Waals surface area contributed by atoms with Gasteiger partial charge in [0, 0.05) is 25.4 Å². The van der Waals surface area contributed by atoms with Crippen molar-refractivity contribution in [3.63, 3.8) is 0 Å². The van der Waals surface area contributed by atoms with Gasteiger partial charge in [0.1, 0.15) is 0 Å². The Kier molecular flexibility index (Phi) is 19.5. The van der Waals surface area contributed by atoms with Gasteiger partial charge in [-0.25, -0.2) is 9.59 Å². The topological polar surface area (TPSA) is 52.6 Å². The molecule has 0 amide bonds. The van der Waals surface area contributed by atoms with Crippen molar-refractivity contribution in [3.05, 3.63) is 86.3 Å². The van der Waals surface area contributed by atoms with Crippen molar-refractivity contribution in [2.75, 3.05) is 31.1 Å².